The highest BCUT2D eigenvalue weighted by Gasteiger charge is 2.10. The number of hydrogen-bond donors (Lipinski definition) is 2. The summed E-state index contributed by atoms with van der Waals surface area (Å²) < 4.78 is 0. The summed E-state index contributed by atoms with van der Waals surface area (Å²) >= 11 is 0. The molecule has 0 aliphatic rings. The molecule has 0 saturated heterocycles. The minimum Gasteiger partial charge on any atom is -0.361 e. The van der Waals surface area contributed by atoms with E-state index in [2.05, 4.69) is 23.3 Å². The molecule has 0 aliphatic carbocycles. The normalized spacial score (nSPS) is 11.3. The third-order valence-electron chi connectivity index (χ3n) is 4.46. The van der Waals surface area contributed by atoms with Crippen molar-refractivity contribution in [1.29, 1.82) is 5.26 Å². The lowest BCUT2D eigenvalue weighted by atomic mass is 10.0. The summed E-state index contributed by atoms with van der Waals surface area (Å²) in [4.78, 5) is 15.6. The number of fused-ring (bicyclic) bond motifs is 1. The van der Waals surface area contributed by atoms with Crippen molar-refractivity contribution < 1.29 is 4.79 Å². The molecule has 0 fully saturated rings. The van der Waals surface area contributed by atoms with Gasteiger partial charge >= 0.3 is 0 Å². The minimum absolute atomic E-state index is 0.129. The van der Waals surface area contributed by atoms with Crippen molar-refractivity contribution >= 4 is 22.9 Å². The number of aryl methyl sites for hydroxylation is 1. The van der Waals surface area contributed by atoms with Crippen LogP contribution in [0.2, 0.25) is 0 Å². The van der Waals surface area contributed by atoms with Gasteiger partial charge in [0.05, 0.1) is 0 Å². The fourth-order valence-electron chi connectivity index (χ4n) is 3.05. The molecule has 1 heterocycles. The number of carbonyl (C=O) groups is 1. The van der Waals surface area contributed by atoms with Gasteiger partial charge < -0.3 is 10.3 Å². The zero-order valence-electron chi connectivity index (χ0n) is 14.8. The maximum Gasteiger partial charge on any atom is 0.261 e. The first-order valence-electron chi connectivity index (χ1n) is 8.75. The average Bonchev–Trinajstić information content (AvgIpc) is 3.09. The van der Waals surface area contributed by atoms with Gasteiger partial charge in [-0.1, -0.05) is 49.4 Å². The molecular weight excluding hydrogens is 322 g/mol. The van der Waals surface area contributed by atoms with Crippen molar-refractivity contribution in [2.45, 2.75) is 19.8 Å². The topological polar surface area (TPSA) is 68.7 Å². The zero-order valence-corrected chi connectivity index (χ0v) is 14.8. The maximum atomic E-state index is 12.4. The summed E-state index contributed by atoms with van der Waals surface area (Å²) in [6.07, 6.45) is 5.20. The predicted octanol–water partition coefficient (Wildman–Crippen LogP) is 4.00. The smallest absolute Gasteiger partial charge is 0.261 e. The second-order valence-electron chi connectivity index (χ2n) is 6.09. The Balaban J connectivity index is 1.66. The van der Waals surface area contributed by atoms with Gasteiger partial charge in [0.15, 0.2) is 0 Å². The third kappa shape index (κ3) is 3.84. The molecule has 3 aromatic rings. The molecule has 0 unspecified atom stereocenters. The Hall–Kier alpha value is -3.32. The van der Waals surface area contributed by atoms with Gasteiger partial charge in [-0.2, -0.15) is 5.26 Å². The second-order valence-corrected chi connectivity index (χ2v) is 6.09. The van der Waals surface area contributed by atoms with Gasteiger partial charge in [0.1, 0.15) is 11.6 Å². The van der Waals surface area contributed by atoms with Crippen LogP contribution >= 0.6 is 0 Å². The summed E-state index contributed by atoms with van der Waals surface area (Å²) in [5.41, 5.74) is 4.40. The van der Waals surface area contributed by atoms with E-state index in [0.29, 0.717) is 13.0 Å². The largest absolute Gasteiger partial charge is 0.361 e. The number of nitriles is 1. The molecule has 0 aliphatic heterocycles. The van der Waals surface area contributed by atoms with Crippen LogP contribution in [0.1, 0.15) is 23.6 Å². The lowest BCUT2D eigenvalue weighted by Gasteiger charge is -2.06. The van der Waals surface area contributed by atoms with E-state index in [1.807, 2.05) is 54.7 Å². The number of aromatic nitrogens is 1. The Morgan fingerprint density at radius 2 is 1.92 bits per heavy atom. The number of nitrogens with one attached hydrogen (secondary N) is 2. The van der Waals surface area contributed by atoms with Crippen LogP contribution in [0.15, 0.2) is 60.3 Å². The first-order valence-corrected chi connectivity index (χ1v) is 8.75. The van der Waals surface area contributed by atoms with Crippen molar-refractivity contribution in [2.24, 2.45) is 0 Å². The number of para-hydroxylation sites is 1. The van der Waals surface area contributed by atoms with E-state index in [-0.39, 0.29) is 11.5 Å². The summed E-state index contributed by atoms with van der Waals surface area (Å²) in [6, 6.07) is 17.9. The molecule has 0 atom stereocenters. The van der Waals surface area contributed by atoms with E-state index >= 15 is 0 Å². The van der Waals surface area contributed by atoms with E-state index in [9.17, 15) is 10.1 Å². The van der Waals surface area contributed by atoms with Crippen molar-refractivity contribution in [3.8, 4) is 6.07 Å². The number of rotatable bonds is 6. The first-order chi connectivity index (χ1) is 12.7. The standard InChI is InChI=1S/C22H21N3O/c1-2-16-7-3-4-8-17(16)13-19(14-23)22(26)24-12-11-18-15-25-21-10-6-5-9-20(18)21/h3-10,13,15,25H,2,11-12H2,1H3,(H,24,26). The number of nitrogens with zero attached hydrogens (tertiary/aromatic N) is 1. The molecule has 2 N–H and O–H groups in total. The molecule has 0 radical (unpaired) electrons. The van der Waals surface area contributed by atoms with E-state index in [1.54, 1.807) is 6.08 Å². The summed E-state index contributed by atoms with van der Waals surface area (Å²) in [6.45, 7) is 2.54. The molecule has 2 aromatic carbocycles. The van der Waals surface area contributed by atoms with Gasteiger partial charge in [0.25, 0.3) is 5.91 Å². The Morgan fingerprint density at radius 3 is 2.73 bits per heavy atom. The Morgan fingerprint density at radius 1 is 1.15 bits per heavy atom. The molecule has 3 rings (SSSR count). The molecule has 26 heavy (non-hydrogen) atoms. The molecule has 1 aromatic heterocycles. The van der Waals surface area contributed by atoms with E-state index in [1.165, 1.54) is 0 Å². The van der Waals surface area contributed by atoms with E-state index in [4.69, 9.17) is 0 Å². The Kier molecular flexibility index (Phi) is 5.50. The quantitative estimate of drug-likeness (QED) is 0.525. The number of carbonyl (C=O) groups excluding carboxylic acids is 1. The fraction of sp³-hybridized carbons (Fsp3) is 0.182. The molecular formula is C22H21N3O. The van der Waals surface area contributed by atoms with Crippen LogP contribution in [0.25, 0.3) is 17.0 Å². The van der Waals surface area contributed by atoms with Crippen LogP contribution in [-0.4, -0.2) is 17.4 Å². The summed E-state index contributed by atoms with van der Waals surface area (Å²) in [5.74, 6) is -0.335. The molecule has 0 bridgehead atoms. The third-order valence-corrected chi connectivity index (χ3v) is 4.46. The SMILES string of the molecule is CCc1ccccc1C=C(C#N)C(=O)NCCc1c[nH]c2ccccc12. The molecule has 4 nitrogen and oxygen atoms in total. The van der Waals surface area contributed by atoms with Gasteiger partial charge in [-0.15, -0.1) is 0 Å². The highest BCUT2D eigenvalue weighted by molar-refractivity contribution is 6.01. The van der Waals surface area contributed by atoms with Gasteiger partial charge in [-0.05, 0) is 41.7 Å². The first kappa shape index (κ1) is 17.5. The molecule has 4 heteroatoms. The fourth-order valence-corrected chi connectivity index (χ4v) is 3.05. The average molecular weight is 343 g/mol. The van der Waals surface area contributed by atoms with Crippen LogP contribution in [-0.2, 0) is 17.6 Å². The zero-order chi connectivity index (χ0) is 18.4. The van der Waals surface area contributed by atoms with Crippen LogP contribution in [0.5, 0.6) is 0 Å². The number of aromatic amines is 1. The lowest BCUT2D eigenvalue weighted by molar-refractivity contribution is -0.117. The van der Waals surface area contributed by atoms with E-state index in [0.717, 1.165) is 34.0 Å². The Labute approximate surface area is 153 Å². The predicted molar refractivity (Wildman–Crippen MR) is 104 cm³/mol. The van der Waals surface area contributed by atoms with Crippen molar-refractivity contribution in [2.75, 3.05) is 6.54 Å². The van der Waals surface area contributed by atoms with Crippen LogP contribution in [0, 0.1) is 11.3 Å². The van der Waals surface area contributed by atoms with Gasteiger partial charge in [0.2, 0.25) is 0 Å². The monoisotopic (exact) mass is 343 g/mol. The van der Waals surface area contributed by atoms with Crippen molar-refractivity contribution in [3.05, 3.63) is 77.0 Å². The number of amides is 1. The van der Waals surface area contributed by atoms with Crippen LogP contribution in [0.3, 0.4) is 0 Å². The number of hydrogen-bond acceptors (Lipinski definition) is 2. The van der Waals surface area contributed by atoms with Crippen LogP contribution < -0.4 is 5.32 Å². The van der Waals surface area contributed by atoms with Crippen molar-refractivity contribution in [1.82, 2.24) is 10.3 Å². The van der Waals surface area contributed by atoms with Gasteiger partial charge in [-0.3, -0.25) is 4.79 Å². The second kappa shape index (κ2) is 8.17. The maximum absolute atomic E-state index is 12.4. The minimum atomic E-state index is -0.335. The molecule has 1 amide bonds. The van der Waals surface area contributed by atoms with Gasteiger partial charge in [-0.25, -0.2) is 0 Å². The van der Waals surface area contributed by atoms with Crippen LogP contribution in [0.4, 0.5) is 0 Å². The number of H-pyrrole nitrogens is 1. The van der Waals surface area contributed by atoms with Crippen molar-refractivity contribution in [3.63, 3.8) is 0 Å². The molecule has 0 spiro atoms. The summed E-state index contributed by atoms with van der Waals surface area (Å²) in [7, 11) is 0. The molecule has 130 valence electrons. The lowest BCUT2D eigenvalue weighted by Crippen LogP contribution is -2.26. The highest BCUT2D eigenvalue weighted by Crippen LogP contribution is 2.18. The number of benzene rings is 2. The Bertz CT molecular complexity index is 992. The summed E-state index contributed by atoms with van der Waals surface area (Å²) in [5, 5.41) is 13.4. The van der Waals surface area contributed by atoms with Gasteiger partial charge in [0, 0.05) is 23.6 Å². The molecule has 0 saturated carbocycles. The highest BCUT2D eigenvalue weighted by atomic mass is 16.1. The van der Waals surface area contributed by atoms with E-state index < -0.39 is 0 Å².